The fourth-order valence-corrected chi connectivity index (χ4v) is 4.91. The molecule has 1 heterocycles. The van der Waals surface area contributed by atoms with Crippen LogP contribution in [0, 0.1) is 13.8 Å². The Balaban J connectivity index is 1.45. The molecular weight excluding hydrogens is 384 g/mol. The maximum atomic E-state index is 5.72. The molecule has 0 radical (unpaired) electrons. The summed E-state index contributed by atoms with van der Waals surface area (Å²) in [6, 6.07) is 17.9. The predicted octanol–water partition coefficient (Wildman–Crippen LogP) is 6.27. The highest BCUT2D eigenvalue weighted by Crippen LogP contribution is 2.37. The second-order valence-corrected chi connectivity index (χ2v) is 8.56. The van der Waals surface area contributed by atoms with Gasteiger partial charge in [0.25, 0.3) is 5.88 Å². The summed E-state index contributed by atoms with van der Waals surface area (Å²) in [5.74, 6) is 2.08. The van der Waals surface area contributed by atoms with Crippen LogP contribution in [-0.2, 0) is 6.42 Å². The monoisotopic (exact) mass is 418 g/mol. The van der Waals surface area contributed by atoms with Crippen LogP contribution in [0.5, 0.6) is 5.88 Å². The molecule has 0 unspecified atom stereocenters. The third kappa shape index (κ3) is 4.85. The average molecular weight is 419 g/mol. The van der Waals surface area contributed by atoms with Gasteiger partial charge in [-0.15, -0.1) is 0 Å². The fraction of sp³-hybridized carbons (Fsp3) is 0.444. The Morgan fingerprint density at radius 1 is 1.06 bits per heavy atom. The smallest absolute Gasteiger partial charge is 0.259 e. The molecule has 0 fully saturated rings. The van der Waals surface area contributed by atoms with Crippen LogP contribution in [0.1, 0.15) is 78.1 Å². The predicted molar refractivity (Wildman–Crippen MR) is 125 cm³/mol. The molecule has 4 rings (SSSR count). The number of rotatable bonds is 9. The van der Waals surface area contributed by atoms with Crippen molar-refractivity contribution in [3.8, 4) is 5.88 Å². The van der Waals surface area contributed by atoms with Crippen LogP contribution in [0.2, 0.25) is 0 Å². The summed E-state index contributed by atoms with van der Waals surface area (Å²) >= 11 is 0. The molecule has 31 heavy (non-hydrogen) atoms. The molecule has 3 aromatic rings. The highest BCUT2D eigenvalue weighted by molar-refractivity contribution is 5.40. The van der Waals surface area contributed by atoms with Crippen LogP contribution < -0.4 is 10.1 Å². The number of aryl methyl sites for hydroxylation is 3. The van der Waals surface area contributed by atoms with Gasteiger partial charge < -0.3 is 14.6 Å². The molecule has 0 bridgehead atoms. The van der Waals surface area contributed by atoms with E-state index in [9.17, 15) is 0 Å². The van der Waals surface area contributed by atoms with Crippen LogP contribution in [0.3, 0.4) is 0 Å². The quantitative estimate of drug-likeness (QED) is 0.416. The molecule has 1 N–H and O–H groups in total. The lowest BCUT2D eigenvalue weighted by atomic mass is 9.83. The van der Waals surface area contributed by atoms with E-state index in [1.54, 1.807) is 0 Å². The molecule has 0 saturated heterocycles. The summed E-state index contributed by atoms with van der Waals surface area (Å²) in [5, 5.41) is 7.93. The van der Waals surface area contributed by atoms with E-state index in [-0.39, 0.29) is 6.04 Å². The Morgan fingerprint density at radius 2 is 1.74 bits per heavy atom. The molecule has 2 aromatic carbocycles. The molecule has 0 spiro atoms. The Kier molecular flexibility index (Phi) is 7.08. The van der Waals surface area contributed by atoms with Gasteiger partial charge in [-0.1, -0.05) is 48.5 Å². The molecule has 0 saturated carbocycles. The van der Waals surface area contributed by atoms with Crippen molar-refractivity contribution in [1.82, 2.24) is 10.5 Å². The SMILES string of the molecule is CCOc1noc2c1[C@H](NCCCC(c1ccccc1C)c1ccccc1C)CCC2. The van der Waals surface area contributed by atoms with Crippen LogP contribution >= 0.6 is 0 Å². The van der Waals surface area contributed by atoms with E-state index in [2.05, 4.69) is 72.9 Å². The Hall–Kier alpha value is -2.59. The minimum absolute atomic E-state index is 0.270. The van der Waals surface area contributed by atoms with Crippen molar-refractivity contribution in [3.63, 3.8) is 0 Å². The van der Waals surface area contributed by atoms with Gasteiger partial charge in [-0.3, -0.25) is 0 Å². The number of benzene rings is 2. The van der Waals surface area contributed by atoms with E-state index in [0.29, 0.717) is 18.4 Å². The number of ether oxygens (including phenoxy) is 1. The van der Waals surface area contributed by atoms with Gasteiger partial charge in [0.15, 0.2) is 0 Å². The number of hydrogen-bond donors (Lipinski definition) is 1. The van der Waals surface area contributed by atoms with Crippen molar-refractivity contribution in [3.05, 3.63) is 82.1 Å². The third-order valence-electron chi connectivity index (χ3n) is 6.48. The second-order valence-electron chi connectivity index (χ2n) is 8.56. The minimum Gasteiger partial charge on any atom is -0.476 e. The van der Waals surface area contributed by atoms with Gasteiger partial charge in [0.05, 0.1) is 12.2 Å². The highest BCUT2D eigenvalue weighted by Gasteiger charge is 2.29. The summed E-state index contributed by atoms with van der Waals surface area (Å²) in [6.45, 7) is 8.02. The highest BCUT2D eigenvalue weighted by atomic mass is 16.5. The number of fused-ring (bicyclic) bond motifs is 1. The molecule has 1 atom stereocenters. The topological polar surface area (TPSA) is 47.3 Å². The Bertz CT molecular complexity index is 949. The second kappa shape index (κ2) is 10.1. The Labute approximate surface area is 186 Å². The van der Waals surface area contributed by atoms with Crippen molar-refractivity contribution in [2.24, 2.45) is 0 Å². The zero-order chi connectivity index (χ0) is 21.6. The van der Waals surface area contributed by atoms with Crippen molar-refractivity contribution < 1.29 is 9.26 Å². The van der Waals surface area contributed by atoms with E-state index >= 15 is 0 Å². The lowest BCUT2D eigenvalue weighted by Crippen LogP contribution is -2.26. The summed E-state index contributed by atoms with van der Waals surface area (Å²) in [7, 11) is 0. The van der Waals surface area contributed by atoms with E-state index in [0.717, 1.165) is 50.0 Å². The van der Waals surface area contributed by atoms with Crippen molar-refractivity contribution >= 4 is 0 Å². The van der Waals surface area contributed by atoms with E-state index in [4.69, 9.17) is 9.26 Å². The first-order valence-electron chi connectivity index (χ1n) is 11.6. The van der Waals surface area contributed by atoms with Gasteiger partial charge in [-0.2, -0.15) is 0 Å². The summed E-state index contributed by atoms with van der Waals surface area (Å²) in [6.07, 6.45) is 5.41. The maximum Gasteiger partial charge on any atom is 0.259 e. The van der Waals surface area contributed by atoms with E-state index in [1.807, 2.05) is 6.92 Å². The first kappa shape index (κ1) is 21.6. The Morgan fingerprint density at radius 3 is 2.39 bits per heavy atom. The number of nitrogens with zero attached hydrogens (tertiary/aromatic N) is 1. The molecule has 4 heteroatoms. The minimum atomic E-state index is 0.270. The molecule has 1 aromatic heterocycles. The van der Waals surface area contributed by atoms with Crippen molar-refractivity contribution in [2.75, 3.05) is 13.2 Å². The van der Waals surface area contributed by atoms with Gasteiger partial charge in [0.1, 0.15) is 5.76 Å². The lowest BCUT2D eigenvalue weighted by Gasteiger charge is -2.25. The lowest BCUT2D eigenvalue weighted by molar-refractivity contribution is 0.289. The molecule has 1 aliphatic carbocycles. The van der Waals surface area contributed by atoms with Gasteiger partial charge in [-0.25, -0.2) is 0 Å². The molecule has 164 valence electrons. The fourth-order valence-electron chi connectivity index (χ4n) is 4.91. The first-order chi connectivity index (χ1) is 15.2. The van der Waals surface area contributed by atoms with Crippen LogP contribution in [0.15, 0.2) is 53.1 Å². The number of nitrogens with one attached hydrogen (secondary N) is 1. The first-order valence-corrected chi connectivity index (χ1v) is 11.6. The molecular formula is C27H34N2O2. The maximum absolute atomic E-state index is 5.72. The standard InChI is InChI=1S/C27H34N2O2/c1-4-30-27-26-24(16-9-17-25(26)31-29-27)28-18-10-15-23(21-13-7-5-11-19(21)2)22-14-8-6-12-20(22)3/h5-8,11-14,23-24,28H,4,9-10,15-18H2,1-3H3/t24-/m1/s1. The summed E-state index contributed by atoms with van der Waals surface area (Å²) in [5.41, 5.74) is 6.75. The van der Waals surface area contributed by atoms with E-state index in [1.165, 1.54) is 22.3 Å². The zero-order valence-electron chi connectivity index (χ0n) is 19.0. The normalized spacial score (nSPS) is 15.8. The van der Waals surface area contributed by atoms with E-state index < -0.39 is 0 Å². The molecule has 1 aliphatic rings. The van der Waals surface area contributed by atoms with Crippen LogP contribution in [0.25, 0.3) is 0 Å². The van der Waals surface area contributed by atoms with Gasteiger partial charge in [0, 0.05) is 18.4 Å². The largest absolute Gasteiger partial charge is 0.476 e. The third-order valence-corrected chi connectivity index (χ3v) is 6.48. The van der Waals surface area contributed by atoms with Crippen molar-refractivity contribution in [1.29, 1.82) is 0 Å². The summed E-state index contributed by atoms with van der Waals surface area (Å²) < 4.78 is 11.3. The number of hydrogen-bond acceptors (Lipinski definition) is 4. The molecule has 4 nitrogen and oxygen atoms in total. The molecule has 0 aliphatic heterocycles. The van der Waals surface area contributed by atoms with Gasteiger partial charge >= 0.3 is 0 Å². The zero-order valence-corrected chi connectivity index (χ0v) is 19.0. The molecule has 0 amide bonds. The van der Waals surface area contributed by atoms with Crippen LogP contribution in [0.4, 0.5) is 0 Å². The van der Waals surface area contributed by atoms with Crippen LogP contribution in [-0.4, -0.2) is 18.3 Å². The number of aromatic nitrogens is 1. The van der Waals surface area contributed by atoms with Crippen molar-refractivity contribution in [2.45, 2.75) is 64.8 Å². The van der Waals surface area contributed by atoms with Gasteiger partial charge in [0.2, 0.25) is 0 Å². The summed E-state index contributed by atoms with van der Waals surface area (Å²) in [4.78, 5) is 0. The average Bonchev–Trinajstić information content (AvgIpc) is 3.19. The van der Waals surface area contributed by atoms with Gasteiger partial charge in [-0.05, 0) is 80.4 Å².